The van der Waals surface area contributed by atoms with Crippen LogP contribution >= 0.6 is 11.8 Å². The summed E-state index contributed by atoms with van der Waals surface area (Å²) in [4.78, 5) is 5.42. The highest BCUT2D eigenvalue weighted by Crippen LogP contribution is 2.47. The number of piperidine rings is 2. The number of hydrogen-bond acceptors (Lipinski definition) is 4. The number of nitrogens with two attached hydrogens (primary N) is 1. The molecule has 3 unspecified atom stereocenters. The first-order valence-electron chi connectivity index (χ1n) is 8.73. The molecule has 0 spiro atoms. The predicted molar refractivity (Wildman–Crippen MR) is 92.8 cm³/mol. The van der Waals surface area contributed by atoms with Crippen LogP contribution in [0.1, 0.15) is 39.5 Å². The average molecular weight is 312 g/mol. The van der Waals surface area contributed by atoms with Crippen LogP contribution in [0.25, 0.3) is 0 Å². The van der Waals surface area contributed by atoms with E-state index in [1.807, 2.05) is 0 Å². The minimum absolute atomic E-state index is 0.219. The Labute approximate surface area is 135 Å². The van der Waals surface area contributed by atoms with Gasteiger partial charge in [-0.3, -0.25) is 4.90 Å². The summed E-state index contributed by atoms with van der Waals surface area (Å²) in [5.74, 6) is 3.39. The number of thioether (sulfide) groups is 1. The van der Waals surface area contributed by atoms with Crippen LogP contribution in [0.2, 0.25) is 0 Å². The number of fused-ring (bicyclic) bond motifs is 1. The van der Waals surface area contributed by atoms with Crippen molar-refractivity contribution in [3.8, 4) is 0 Å². The molecule has 0 bridgehead atoms. The first kappa shape index (κ1) is 16.1. The lowest BCUT2D eigenvalue weighted by Crippen LogP contribution is -2.69. The van der Waals surface area contributed by atoms with Crippen molar-refractivity contribution in [1.82, 2.24) is 9.80 Å². The van der Waals surface area contributed by atoms with Crippen LogP contribution in [-0.4, -0.2) is 66.1 Å². The second-order valence-electron chi connectivity index (χ2n) is 8.11. The molecule has 3 atom stereocenters. The molecule has 3 rings (SSSR count). The largest absolute Gasteiger partial charge is 0.329 e. The Balaban J connectivity index is 1.79. The second-order valence-corrected chi connectivity index (χ2v) is 9.21. The van der Waals surface area contributed by atoms with E-state index in [0.717, 1.165) is 18.5 Å². The van der Waals surface area contributed by atoms with Gasteiger partial charge in [-0.1, -0.05) is 13.8 Å². The van der Waals surface area contributed by atoms with E-state index in [-0.39, 0.29) is 5.54 Å². The van der Waals surface area contributed by atoms with E-state index in [9.17, 15) is 0 Å². The van der Waals surface area contributed by atoms with Gasteiger partial charge in [0.1, 0.15) is 0 Å². The van der Waals surface area contributed by atoms with E-state index in [0.29, 0.717) is 5.41 Å². The lowest BCUT2D eigenvalue weighted by Gasteiger charge is -2.59. The molecule has 2 N–H and O–H groups in total. The molecule has 0 aliphatic carbocycles. The molecule has 0 aromatic heterocycles. The molecule has 21 heavy (non-hydrogen) atoms. The third-order valence-corrected chi connectivity index (χ3v) is 7.94. The highest BCUT2D eigenvalue weighted by molar-refractivity contribution is 7.99. The molecule has 122 valence electrons. The number of hydrogen-bond donors (Lipinski definition) is 1. The first-order chi connectivity index (χ1) is 10.00. The maximum absolute atomic E-state index is 6.37. The Morgan fingerprint density at radius 1 is 1.24 bits per heavy atom. The molecule has 3 saturated heterocycles. The standard InChI is InChI=1S/C17H33N3S/c1-16(2)7-10-21-13-17(16,12-18)20-9-6-15-14(11-20)5-4-8-19(15)3/h14-15H,4-13,18H2,1-3H3. The summed E-state index contributed by atoms with van der Waals surface area (Å²) < 4.78 is 0. The Bertz CT molecular complexity index is 373. The van der Waals surface area contributed by atoms with Gasteiger partial charge >= 0.3 is 0 Å². The summed E-state index contributed by atoms with van der Waals surface area (Å²) in [5.41, 5.74) is 6.94. The fraction of sp³-hybridized carbons (Fsp3) is 1.00. The van der Waals surface area contributed by atoms with Crippen molar-refractivity contribution in [3.63, 3.8) is 0 Å². The van der Waals surface area contributed by atoms with Crippen molar-refractivity contribution in [3.05, 3.63) is 0 Å². The van der Waals surface area contributed by atoms with Crippen molar-refractivity contribution < 1.29 is 0 Å². The molecule has 0 saturated carbocycles. The molecule has 3 nitrogen and oxygen atoms in total. The monoisotopic (exact) mass is 311 g/mol. The van der Waals surface area contributed by atoms with Crippen molar-refractivity contribution in [2.75, 3.05) is 44.7 Å². The minimum atomic E-state index is 0.219. The van der Waals surface area contributed by atoms with Gasteiger partial charge in [-0.15, -0.1) is 0 Å². The van der Waals surface area contributed by atoms with Crippen LogP contribution in [0.15, 0.2) is 0 Å². The van der Waals surface area contributed by atoms with Crippen LogP contribution in [0.5, 0.6) is 0 Å². The maximum atomic E-state index is 6.37. The van der Waals surface area contributed by atoms with Crippen molar-refractivity contribution in [2.45, 2.75) is 51.1 Å². The van der Waals surface area contributed by atoms with Crippen molar-refractivity contribution in [1.29, 1.82) is 0 Å². The molecule has 3 aliphatic heterocycles. The number of rotatable bonds is 2. The van der Waals surface area contributed by atoms with Gasteiger partial charge in [-0.25, -0.2) is 0 Å². The minimum Gasteiger partial charge on any atom is -0.329 e. The van der Waals surface area contributed by atoms with E-state index < -0.39 is 0 Å². The quantitative estimate of drug-likeness (QED) is 0.848. The van der Waals surface area contributed by atoms with E-state index in [2.05, 4.69) is 42.5 Å². The summed E-state index contributed by atoms with van der Waals surface area (Å²) >= 11 is 2.12. The Hall–Kier alpha value is 0.230. The lowest BCUT2D eigenvalue weighted by atomic mass is 9.68. The predicted octanol–water partition coefficient (Wildman–Crippen LogP) is 2.26. The van der Waals surface area contributed by atoms with Crippen LogP contribution in [-0.2, 0) is 0 Å². The molecular formula is C17H33N3S. The topological polar surface area (TPSA) is 32.5 Å². The summed E-state index contributed by atoms with van der Waals surface area (Å²) in [6, 6.07) is 0.823. The first-order valence-corrected chi connectivity index (χ1v) is 9.89. The molecule has 4 heteroatoms. The highest BCUT2D eigenvalue weighted by atomic mass is 32.2. The van der Waals surface area contributed by atoms with Gasteiger partial charge in [-0.2, -0.15) is 11.8 Å². The fourth-order valence-corrected chi connectivity index (χ4v) is 6.85. The molecule has 3 heterocycles. The lowest BCUT2D eigenvalue weighted by molar-refractivity contribution is -0.0560. The number of nitrogens with zero attached hydrogens (tertiary/aromatic N) is 2. The number of likely N-dealkylation sites (tertiary alicyclic amines) is 2. The summed E-state index contributed by atoms with van der Waals surface area (Å²) in [6.07, 6.45) is 5.43. The van der Waals surface area contributed by atoms with Gasteiger partial charge in [-0.05, 0) is 56.4 Å². The van der Waals surface area contributed by atoms with Crippen molar-refractivity contribution in [2.24, 2.45) is 17.1 Å². The van der Waals surface area contributed by atoms with Gasteiger partial charge in [0.05, 0.1) is 0 Å². The van der Waals surface area contributed by atoms with E-state index in [1.165, 1.54) is 56.8 Å². The molecule has 0 aromatic carbocycles. The third kappa shape index (κ3) is 2.66. The fourth-order valence-electron chi connectivity index (χ4n) is 5.02. The summed E-state index contributed by atoms with van der Waals surface area (Å²) in [5, 5.41) is 0. The zero-order valence-electron chi connectivity index (χ0n) is 14.1. The summed E-state index contributed by atoms with van der Waals surface area (Å²) in [6.45, 7) is 9.55. The van der Waals surface area contributed by atoms with Crippen LogP contribution in [0.3, 0.4) is 0 Å². The highest BCUT2D eigenvalue weighted by Gasteiger charge is 2.52. The molecule has 0 aromatic rings. The van der Waals surface area contributed by atoms with E-state index in [1.54, 1.807) is 0 Å². The smallest absolute Gasteiger partial charge is 0.0473 e. The van der Waals surface area contributed by atoms with Gasteiger partial charge < -0.3 is 10.6 Å². The van der Waals surface area contributed by atoms with Gasteiger partial charge in [0.15, 0.2) is 0 Å². The SMILES string of the molecule is CN1CCCC2CN(C3(CN)CSCCC3(C)C)CCC21. The zero-order valence-corrected chi connectivity index (χ0v) is 14.9. The van der Waals surface area contributed by atoms with Crippen LogP contribution in [0, 0.1) is 11.3 Å². The molecule has 0 radical (unpaired) electrons. The normalized spacial score (nSPS) is 41.7. The van der Waals surface area contributed by atoms with Crippen LogP contribution in [0.4, 0.5) is 0 Å². The second kappa shape index (κ2) is 6.03. The maximum Gasteiger partial charge on any atom is 0.0473 e. The Kier molecular flexibility index (Phi) is 4.62. The Morgan fingerprint density at radius 2 is 2.05 bits per heavy atom. The third-order valence-electron chi connectivity index (χ3n) is 6.76. The molecule has 3 fully saturated rings. The van der Waals surface area contributed by atoms with E-state index in [4.69, 9.17) is 5.73 Å². The van der Waals surface area contributed by atoms with Gasteiger partial charge in [0.25, 0.3) is 0 Å². The molecular weight excluding hydrogens is 278 g/mol. The van der Waals surface area contributed by atoms with Crippen LogP contribution < -0.4 is 5.73 Å². The van der Waals surface area contributed by atoms with Gasteiger partial charge in [0, 0.05) is 37.0 Å². The van der Waals surface area contributed by atoms with E-state index >= 15 is 0 Å². The van der Waals surface area contributed by atoms with Gasteiger partial charge in [0.2, 0.25) is 0 Å². The zero-order chi connectivity index (χ0) is 15.1. The molecule has 0 amide bonds. The summed E-state index contributed by atoms with van der Waals surface area (Å²) in [7, 11) is 2.32. The average Bonchev–Trinajstić information content (AvgIpc) is 2.47. The molecule has 3 aliphatic rings. The van der Waals surface area contributed by atoms with Crippen molar-refractivity contribution >= 4 is 11.8 Å². The Morgan fingerprint density at radius 3 is 2.76 bits per heavy atom.